The minimum absolute atomic E-state index is 0.104. The van der Waals surface area contributed by atoms with Crippen molar-refractivity contribution in [3.05, 3.63) is 59.2 Å². The number of amides is 1. The quantitative estimate of drug-likeness (QED) is 0.676. The van der Waals surface area contributed by atoms with Gasteiger partial charge in [0.25, 0.3) is 5.91 Å². The number of anilines is 1. The molecule has 0 radical (unpaired) electrons. The lowest BCUT2D eigenvalue weighted by Gasteiger charge is -2.33. The number of nitrogens with zero attached hydrogens (tertiary/aromatic N) is 4. The van der Waals surface area contributed by atoms with E-state index < -0.39 is 0 Å². The summed E-state index contributed by atoms with van der Waals surface area (Å²) in [5.74, 6) is 0.473. The van der Waals surface area contributed by atoms with Crippen LogP contribution in [-0.2, 0) is 12.8 Å². The number of piperidine rings is 1. The molecule has 0 atom stereocenters. The van der Waals surface area contributed by atoms with Gasteiger partial charge in [-0.2, -0.15) is 10.2 Å². The maximum absolute atomic E-state index is 13.1. The standard InChI is InChI=1S/C23H25FN6O/c24-17-7-5-15(6-8-17)20-14-21(28-27-20)23(31)25-18-9-11-30(12-10-18)22-13-16-3-1-2-4-19(16)26-29-22/h5-8,13-14,18H,1-4,9-12H2,(H,25,31)(H,27,28). The van der Waals surface area contributed by atoms with Crippen LogP contribution in [0.15, 0.2) is 36.4 Å². The van der Waals surface area contributed by atoms with Gasteiger partial charge in [-0.05, 0) is 80.5 Å². The Morgan fingerprint density at radius 2 is 1.84 bits per heavy atom. The summed E-state index contributed by atoms with van der Waals surface area (Å²) in [6, 6.07) is 10.0. The number of benzene rings is 1. The van der Waals surface area contributed by atoms with Crippen LogP contribution in [0.3, 0.4) is 0 Å². The molecule has 1 aromatic carbocycles. The number of nitrogens with one attached hydrogen (secondary N) is 2. The number of halogens is 1. The molecule has 3 heterocycles. The molecular weight excluding hydrogens is 395 g/mol. The molecule has 7 nitrogen and oxygen atoms in total. The van der Waals surface area contributed by atoms with E-state index in [9.17, 15) is 9.18 Å². The highest BCUT2D eigenvalue weighted by Crippen LogP contribution is 2.24. The zero-order valence-electron chi connectivity index (χ0n) is 17.3. The van der Waals surface area contributed by atoms with Gasteiger partial charge in [-0.15, -0.1) is 5.10 Å². The van der Waals surface area contributed by atoms with Gasteiger partial charge >= 0.3 is 0 Å². The maximum Gasteiger partial charge on any atom is 0.269 e. The van der Waals surface area contributed by atoms with Crippen molar-refractivity contribution in [2.45, 2.75) is 44.6 Å². The summed E-state index contributed by atoms with van der Waals surface area (Å²) in [5, 5.41) is 18.9. The van der Waals surface area contributed by atoms with Crippen LogP contribution in [0.4, 0.5) is 10.2 Å². The summed E-state index contributed by atoms with van der Waals surface area (Å²) in [6.45, 7) is 1.67. The normalized spacial score (nSPS) is 16.7. The van der Waals surface area contributed by atoms with Crippen molar-refractivity contribution in [1.29, 1.82) is 0 Å². The minimum atomic E-state index is -0.301. The number of aromatic nitrogens is 4. The first kappa shape index (κ1) is 19.7. The van der Waals surface area contributed by atoms with Gasteiger partial charge in [-0.25, -0.2) is 4.39 Å². The summed E-state index contributed by atoms with van der Waals surface area (Å²) in [6.07, 6.45) is 6.26. The van der Waals surface area contributed by atoms with Crippen molar-refractivity contribution in [1.82, 2.24) is 25.7 Å². The zero-order valence-corrected chi connectivity index (χ0v) is 17.3. The largest absolute Gasteiger partial charge is 0.355 e. The average Bonchev–Trinajstić information content (AvgIpc) is 3.30. The van der Waals surface area contributed by atoms with Gasteiger partial charge in [0.05, 0.1) is 11.4 Å². The van der Waals surface area contributed by atoms with Crippen LogP contribution in [0.5, 0.6) is 0 Å². The van der Waals surface area contributed by atoms with Crippen molar-refractivity contribution < 1.29 is 9.18 Å². The Morgan fingerprint density at radius 3 is 2.65 bits per heavy atom. The number of H-pyrrole nitrogens is 1. The first-order valence-electron chi connectivity index (χ1n) is 10.9. The van der Waals surface area contributed by atoms with Crippen LogP contribution in [0.2, 0.25) is 0 Å². The predicted molar refractivity (Wildman–Crippen MR) is 115 cm³/mol. The first-order valence-corrected chi connectivity index (χ1v) is 10.9. The minimum Gasteiger partial charge on any atom is -0.355 e. The second-order valence-electron chi connectivity index (χ2n) is 8.29. The Morgan fingerprint density at radius 1 is 1.06 bits per heavy atom. The van der Waals surface area contributed by atoms with E-state index in [0.717, 1.165) is 55.8 Å². The molecule has 8 heteroatoms. The number of carbonyl (C=O) groups excluding carboxylic acids is 1. The number of aryl methyl sites for hydroxylation is 2. The molecule has 2 N–H and O–H groups in total. The maximum atomic E-state index is 13.1. The Kier molecular flexibility index (Phi) is 5.36. The molecule has 3 aromatic rings. The number of fused-ring (bicyclic) bond motifs is 1. The summed E-state index contributed by atoms with van der Waals surface area (Å²) < 4.78 is 13.1. The molecule has 0 saturated carbocycles. The number of rotatable bonds is 4. The second kappa shape index (κ2) is 8.45. The number of carbonyl (C=O) groups is 1. The molecular formula is C23H25FN6O. The highest BCUT2D eigenvalue weighted by atomic mass is 19.1. The van der Waals surface area contributed by atoms with E-state index >= 15 is 0 Å². The van der Waals surface area contributed by atoms with E-state index in [-0.39, 0.29) is 17.8 Å². The molecule has 1 amide bonds. The van der Waals surface area contributed by atoms with Crippen molar-refractivity contribution in [2.75, 3.05) is 18.0 Å². The topological polar surface area (TPSA) is 86.8 Å². The van der Waals surface area contributed by atoms with Crippen LogP contribution >= 0.6 is 0 Å². The zero-order chi connectivity index (χ0) is 21.2. The molecule has 31 heavy (non-hydrogen) atoms. The van der Waals surface area contributed by atoms with E-state index in [4.69, 9.17) is 0 Å². The summed E-state index contributed by atoms with van der Waals surface area (Å²) in [7, 11) is 0. The molecule has 1 aliphatic heterocycles. The highest BCUT2D eigenvalue weighted by Gasteiger charge is 2.24. The van der Waals surface area contributed by atoms with E-state index in [1.165, 1.54) is 30.5 Å². The van der Waals surface area contributed by atoms with Crippen LogP contribution in [0, 0.1) is 5.82 Å². The molecule has 160 valence electrons. The smallest absolute Gasteiger partial charge is 0.269 e. The lowest BCUT2D eigenvalue weighted by Crippen LogP contribution is -2.45. The fraction of sp³-hybridized carbons (Fsp3) is 0.391. The van der Waals surface area contributed by atoms with Crippen molar-refractivity contribution in [2.24, 2.45) is 0 Å². The Balaban J connectivity index is 1.17. The molecule has 0 spiro atoms. The lowest BCUT2D eigenvalue weighted by molar-refractivity contribution is 0.0926. The molecule has 5 rings (SSSR count). The van der Waals surface area contributed by atoms with E-state index in [1.807, 2.05) is 0 Å². The number of hydrogen-bond donors (Lipinski definition) is 2. The summed E-state index contributed by atoms with van der Waals surface area (Å²) >= 11 is 0. The third-order valence-corrected chi connectivity index (χ3v) is 6.17. The highest BCUT2D eigenvalue weighted by molar-refractivity contribution is 5.93. The van der Waals surface area contributed by atoms with Gasteiger partial charge < -0.3 is 10.2 Å². The van der Waals surface area contributed by atoms with Crippen LogP contribution in [-0.4, -0.2) is 45.4 Å². The second-order valence-corrected chi connectivity index (χ2v) is 8.29. The van der Waals surface area contributed by atoms with Gasteiger partial charge in [0, 0.05) is 24.7 Å². The van der Waals surface area contributed by atoms with E-state index in [1.54, 1.807) is 18.2 Å². The summed E-state index contributed by atoms with van der Waals surface area (Å²) in [5.41, 5.74) is 4.27. The summed E-state index contributed by atoms with van der Waals surface area (Å²) in [4.78, 5) is 14.9. The van der Waals surface area contributed by atoms with Crippen molar-refractivity contribution in [3.63, 3.8) is 0 Å². The Hall–Kier alpha value is -3.29. The number of aromatic amines is 1. The van der Waals surface area contributed by atoms with Crippen LogP contribution in [0.1, 0.15) is 47.4 Å². The molecule has 2 aromatic heterocycles. The SMILES string of the molecule is O=C(NC1CCN(c2cc3c(nn2)CCCC3)CC1)c1cc(-c2ccc(F)cc2)n[nH]1. The Labute approximate surface area is 180 Å². The third kappa shape index (κ3) is 4.28. The van der Waals surface area contributed by atoms with E-state index in [0.29, 0.717) is 11.4 Å². The average molecular weight is 420 g/mol. The van der Waals surface area contributed by atoms with Crippen LogP contribution < -0.4 is 10.2 Å². The van der Waals surface area contributed by atoms with Crippen molar-refractivity contribution in [3.8, 4) is 11.3 Å². The molecule has 1 saturated heterocycles. The number of hydrogen-bond acceptors (Lipinski definition) is 5. The molecule has 0 bridgehead atoms. The molecule has 0 unspecified atom stereocenters. The van der Waals surface area contributed by atoms with Crippen LogP contribution in [0.25, 0.3) is 11.3 Å². The predicted octanol–water partition coefficient (Wildman–Crippen LogP) is 3.28. The van der Waals surface area contributed by atoms with Gasteiger partial charge in [0.2, 0.25) is 0 Å². The Bertz CT molecular complexity index is 1070. The monoisotopic (exact) mass is 420 g/mol. The van der Waals surface area contributed by atoms with Gasteiger partial charge in [-0.3, -0.25) is 9.89 Å². The van der Waals surface area contributed by atoms with Gasteiger partial charge in [-0.1, -0.05) is 0 Å². The van der Waals surface area contributed by atoms with Crippen molar-refractivity contribution >= 4 is 11.7 Å². The fourth-order valence-corrected chi connectivity index (χ4v) is 4.36. The molecule has 1 fully saturated rings. The van der Waals surface area contributed by atoms with E-state index in [2.05, 4.69) is 36.7 Å². The lowest BCUT2D eigenvalue weighted by atomic mass is 9.96. The van der Waals surface area contributed by atoms with Gasteiger partial charge in [0.1, 0.15) is 11.5 Å². The molecule has 2 aliphatic rings. The fourth-order valence-electron chi connectivity index (χ4n) is 4.36. The molecule has 1 aliphatic carbocycles. The third-order valence-electron chi connectivity index (χ3n) is 6.17. The first-order chi connectivity index (χ1) is 15.2. The van der Waals surface area contributed by atoms with Gasteiger partial charge in [0.15, 0.2) is 5.82 Å².